The van der Waals surface area contributed by atoms with Gasteiger partial charge in [-0.1, -0.05) is 84.9 Å². The summed E-state index contributed by atoms with van der Waals surface area (Å²) in [5.41, 5.74) is 3.77. The molecule has 0 radical (unpaired) electrons. The number of carbonyl (C=O) groups excluding carboxylic acids is 2. The van der Waals surface area contributed by atoms with E-state index in [1.807, 2.05) is 98.5 Å². The number of nitrogens with zero attached hydrogens (tertiary/aromatic N) is 1. The van der Waals surface area contributed by atoms with Crippen LogP contribution < -0.4 is 10.6 Å². The van der Waals surface area contributed by atoms with Crippen molar-refractivity contribution in [3.8, 4) is 0 Å². The normalized spacial score (nSPS) is 17.0. The Morgan fingerprint density at radius 1 is 0.923 bits per heavy atom. The number of amides is 2. The monoisotopic (exact) mass is 529 g/mol. The molecule has 1 aliphatic heterocycles. The lowest BCUT2D eigenvalue weighted by Crippen LogP contribution is -2.57. The fraction of sp³-hybridized carbons (Fsp3) is 0.375. The van der Waals surface area contributed by atoms with Crippen LogP contribution in [0.5, 0.6) is 0 Å². The highest BCUT2D eigenvalue weighted by atomic mass is 16.5. The van der Waals surface area contributed by atoms with E-state index in [0.29, 0.717) is 19.4 Å². The predicted molar refractivity (Wildman–Crippen MR) is 152 cm³/mol. The van der Waals surface area contributed by atoms with E-state index in [0.717, 1.165) is 22.3 Å². The van der Waals surface area contributed by atoms with Gasteiger partial charge in [-0.2, -0.15) is 0 Å². The standard InChI is InChI=1S/C32H39N3O4/c1-32(2,3)34-30(37)28-19-25-16-10-11-17-26(25)20-35(28)21-29(36)27(18-23-12-6-4-7-13-23)33-31(38)39-22-24-14-8-5-9-15-24/h4-17,27-29,36H,18-22H2,1-3H3,(H,33,38)(H,34,37)/t27-,28?,29+/m0/s1. The van der Waals surface area contributed by atoms with Crippen molar-refractivity contribution in [2.45, 2.75) is 70.5 Å². The zero-order valence-electron chi connectivity index (χ0n) is 23.0. The maximum atomic E-state index is 13.3. The number of aliphatic hydroxyl groups is 1. The maximum Gasteiger partial charge on any atom is 0.407 e. The number of hydrogen-bond acceptors (Lipinski definition) is 5. The van der Waals surface area contributed by atoms with E-state index in [1.54, 1.807) is 0 Å². The van der Waals surface area contributed by atoms with Crippen molar-refractivity contribution < 1.29 is 19.4 Å². The second-order valence-corrected chi connectivity index (χ2v) is 11.2. The number of carbonyl (C=O) groups is 2. The van der Waals surface area contributed by atoms with Crippen molar-refractivity contribution in [3.63, 3.8) is 0 Å². The molecule has 0 bridgehead atoms. The number of nitrogens with one attached hydrogen (secondary N) is 2. The zero-order valence-corrected chi connectivity index (χ0v) is 23.0. The number of β-amino-alcohol motifs (C(OH)–C–C–N with tert-alkyl or cyclic N) is 1. The topological polar surface area (TPSA) is 90.9 Å². The third kappa shape index (κ3) is 8.40. The maximum absolute atomic E-state index is 13.3. The van der Waals surface area contributed by atoms with E-state index in [9.17, 15) is 14.7 Å². The Labute approximate surface area is 231 Å². The van der Waals surface area contributed by atoms with E-state index in [4.69, 9.17) is 4.74 Å². The average Bonchev–Trinajstić information content (AvgIpc) is 2.91. The first kappa shape index (κ1) is 28.3. The first-order valence-corrected chi connectivity index (χ1v) is 13.5. The van der Waals surface area contributed by atoms with Crippen molar-refractivity contribution in [2.24, 2.45) is 0 Å². The number of aliphatic hydroxyl groups excluding tert-OH is 1. The molecule has 0 aliphatic carbocycles. The minimum Gasteiger partial charge on any atom is -0.445 e. The van der Waals surface area contributed by atoms with Crippen LogP contribution in [0, 0.1) is 0 Å². The fourth-order valence-electron chi connectivity index (χ4n) is 4.92. The van der Waals surface area contributed by atoms with Gasteiger partial charge in [-0.25, -0.2) is 4.79 Å². The lowest BCUT2D eigenvalue weighted by molar-refractivity contribution is -0.129. The van der Waals surface area contributed by atoms with Crippen molar-refractivity contribution in [2.75, 3.05) is 6.54 Å². The van der Waals surface area contributed by atoms with Crippen molar-refractivity contribution in [3.05, 3.63) is 107 Å². The molecule has 4 rings (SSSR count). The molecule has 0 saturated heterocycles. The summed E-state index contributed by atoms with van der Waals surface area (Å²) in [6.07, 6.45) is -0.554. The third-order valence-electron chi connectivity index (χ3n) is 6.85. The van der Waals surface area contributed by atoms with E-state index in [1.165, 1.54) is 0 Å². The molecule has 1 heterocycles. The second kappa shape index (κ2) is 12.9. The van der Waals surface area contributed by atoms with Gasteiger partial charge in [-0.15, -0.1) is 0 Å². The first-order chi connectivity index (χ1) is 18.7. The van der Waals surface area contributed by atoms with Gasteiger partial charge in [0, 0.05) is 18.6 Å². The molecule has 1 unspecified atom stereocenters. The molecule has 39 heavy (non-hydrogen) atoms. The summed E-state index contributed by atoms with van der Waals surface area (Å²) in [4.78, 5) is 28.2. The Morgan fingerprint density at radius 2 is 1.51 bits per heavy atom. The highest BCUT2D eigenvalue weighted by Gasteiger charge is 2.35. The van der Waals surface area contributed by atoms with Crippen LogP contribution in [0.1, 0.15) is 43.0 Å². The first-order valence-electron chi connectivity index (χ1n) is 13.5. The van der Waals surface area contributed by atoms with Gasteiger partial charge >= 0.3 is 6.09 Å². The second-order valence-electron chi connectivity index (χ2n) is 11.2. The molecule has 7 heteroatoms. The molecule has 2 amide bonds. The van der Waals surface area contributed by atoms with Crippen LogP contribution in [0.4, 0.5) is 4.79 Å². The van der Waals surface area contributed by atoms with Gasteiger partial charge in [0.25, 0.3) is 0 Å². The highest BCUT2D eigenvalue weighted by molar-refractivity contribution is 5.83. The zero-order chi connectivity index (χ0) is 27.8. The molecule has 7 nitrogen and oxygen atoms in total. The summed E-state index contributed by atoms with van der Waals surface area (Å²) < 4.78 is 5.46. The summed E-state index contributed by atoms with van der Waals surface area (Å²) in [6, 6.07) is 26.2. The SMILES string of the molecule is CC(C)(C)NC(=O)C1Cc2ccccc2CN1C[C@@H](O)[C@H](Cc1ccccc1)NC(=O)OCc1ccccc1. The van der Waals surface area contributed by atoms with Crippen LogP contribution in [-0.4, -0.2) is 52.3 Å². The minimum atomic E-state index is -0.940. The molecule has 3 atom stereocenters. The Kier molecular flexibility index (Phi) is 9.38. The summed E-state index contributed by atoms with van der Waals surface area (Å²) in [6.45, 7) is 6.77. The molecule has 206 valence electrons. The predicted octanol–water partition coefficient (Wildman–Crippen LogP) is 4.23. The van der Waals surface area contributed by atoms with Gasteiger partial charge in [0.05, 0.1) is 18.2 Å². The Hall–Kier alpha value is -3.68. The molecule has 3 aromatic rings. The van der Waals surface area contributed by atoms with Gasteiger partial charge < -0.3 is 20.5 Å². The highest BCUT2D eigenvalue weighted by Crippen LogP contribution is 2.25. The van der Waals surface area contributed by atoms with Gasteiger partial charge in [-0.3, -0.25) is 9.69 Å². The van der Waals surface area contributed by atoms with Gasteiger partial charge in [0.1, 0.15) is 6.61 Å². The molecule has 1 aliphatic rings. The van der Waals surface area contributed by atoms with E-state index in [2.05, 4.69) is 22.8 Å². The Bertz CT molecular complexity index is 1230. The van der Waals surface area contributed by atoms with Crippen molar-refractivity contribution >= 4 is 12.0 Å². The Balaban J connectivity index is 1.50. The molecule has 0 fully saturated rings. The smallest absolute Gasteiger partial charge is 0.407 e. The molecular weight excluding hydrogens is 490 g/mol. The molecule has 0 saturated carbocycles. The Morgan fingerprint density at radius 3 is 2.15 bits per heavy atom. The number of ether oxygens (including phenoxy) is 1. The van der Waals surface area contributed by atoms with Gasteiger partial charge in [-0.05, 0) is 55.9 Å². The summed E-state index contributed by atoms with van der Waals surface area (Å²) in [7, 11) is 0. The molecular formula is C32H39N3O4. The number of alkyl carbamates (subject to hydrolysis) is 1. The van der Waals surface area contributed by atoms with Crippen molar-refractivity contribution in [1.29, 1.82) is 0 Å². The van der Waals surface area contributed by atoms with Crippen molar-refractivity contribution in [1.82, 2.24) is 15.5 Å². The van der Waals surface area contributed by atoms with E-state index < -0.39 is 24.3 Å². The largest absolute Gasteiger partial charge is 0.445 e. The number of fused-ring (bicyclic) bond motifs is 1. The van der Waals surface area contributed by atoms with E-state index in [-0.39, 0.29) is 24.6 Å². The number of benzene rings is 3. The lowest BCUT2D eigenvalue weighted by Gasteiger charge is -2.39. The summed E-state index contributed by atoms with van der Waals surface area (Å²) in [5, 5.41) is 17.5. The lowest BCUT2D eigenvalue weighted by atomic mass is 9.91. The van der Waals surface area contributed by atoms with Gasteiger partial charge in [0.15, 0.2) is 0 Å². The van der Waals surface area contributed by atoms with Crippen LogP contribution in [0.25, 0.3) is 0 Å². The quantitative estimate of drug-likeness (QED) is 0.386. The summed E-state index contributed by atoms with van der Waals surface area (Å²) >= 11 is 0. The molecule has 3 N–H and O–H groups in total. The van der Waals surface area contributed by atoms with Crippen LogP contribution in [0.15, 0.2) is 84.9 Å². The van der Waals surface area contributed by atoms with Crippen LogP contribution in [-0.2, 0) is 35.5 Å². The average molecular weight is 530 g/mol. The summed E-state index contributed by atoms with van der Waals surface area (Å²) in [5.74, 6) is -0.0703. The fourth-order valence-corrected chi connectivity index (χ4v) is 4.92. The molecule has 0 spiro atoms. The van der Waals surface area contributed by atoms with Crippen LogP contribution in [0.2, 0.25) is 0 Å². The molecule has 0 aromatic heterocycles. The van der Waals surface area contributed by atoms with E-state index >= 15 is 0 Å². The number of rotatable bonds is 9. The van der Waals surface area contributed by atoms with Crippen LogP contribution >= 0.6 is 0 Å². The third-order valence-corrected chi connectivity index (χ3v) is 6.85. The molecule has 3 aromatic carbocycles. The van der Waals surface area contributed by atoms with Gasteiger partial charge in [0.2, 0.25) is 5.91 Å². The number of hydrogen-bond donors (Lipinski definition) is 3. The van der Waals surface area contributed by atoms with Crippen LogP contribution in [0.3, 0.4) is 0 Å². The minimum absolute atomic E-state index is 0.0703.